The van der Waals surface area contributed by atoms with Crippen molar-refractivity contribution in [2.75, 3.05) is 0 Å². The van der Waals surface area contributed by atoms with Gasteiger partial charge in [-0.3, -0.25) is 4.79 Å². The topological polar surface area (TPSA) is 26.3 Å². The number of hydrogen-bond acceptors (Lipinski definition) is 2. The number of allylic oxidation sites excluding steroid dienone is 2. The maximum atomic E-state index is 10.4. The smallest absolute Gasteiger partial charge is 0.307 e. The Kier molecular flexibility index (Phi) is 5.53. The Morgan fingerprint density at radius 3 is 2.55 bits per heavy atom. The molecule has 2 heteroatoms. The Morgan fingerprint density at radius 1 is 1.45 bits per heavy atom. The first-order chi connectivity index (χ1) is 5.16. The lowest BCUT2D eigenvalue weighted by Gasteiger charge is -1.99. The molecule has 0 radical (unpaired) electrons. The third-order valence-corrected chi connectivity index (χ3v) is 1.29. The Labute approximate surface area is 68.2 Å². The van der Waals surface area contributed by atoms with E-state index in [1.54, 1.807) is 6.92 Å². The summed E-state index contributed by atoms with van der Waals surface area (Å²) in [5.41, 5.74) is 0. The van der Waals surface area contributed by atoms with E-state index in [0.29, 0.717) is 5.76 Å². The summed E-state index contributed by atoms with van der Waals surface area (Å²) in [4.78, 5) is 10.4. The first-order valence-electron chi connectivity index (χ1n) is 4.02. The SMILES string of the molecule is CCCCC=C(C)OC(C)=O. The number of esters is 1. The van der Waals surface area contributed by atoms with E-state index in [4.69, 9.17) is 4.74 Å². The predicted molar refractivity (Wildman–Crippen MR) is 45.0 cm³/mol. The molecule has 0 aromatic rings. The minimum Gasteiger partial charge on any atom is -0.432 e. The number of unbranched alkanes of at least 4 members (excludes halogenated alkanes) is 2. The Hall–Kier alpha value is -0.790. The van der Waals surface area contributed by atoms with Crippen molar-refractivity contribution in [1.29, 1.82) is 0 Å². The third kappa shape index (κ3) is 7.10. The molecule has 64 valence electrons. The molecule has 0 saturated carbocycles. The van der Waals surface area contributed by atoms with Crippen LogP contribution in [0.2, 0.25) is 0 Å². The van der Waals surface area contributed by atoms with E-state index >= 15 is 0 Å². The van der Waals surface area contributed by atoms with Crippen LogP contribution in [0.15, 0.2) is 11.8 Å². The molecule has 0 N–H and O–H groups in total. The molecule has 0 amide bonds. The van der Waals surface area contributed by atoms with Crippen LogP contribution in [0, 0.1) is 0 Å². The number of hydrogen-bond donors (Lipinski definition) is 0. The van der Waals surface area contributed by atoms with Gasteiger partial charge in [-0.1, -0.05) is 13.3 Å². The van der Waals surface area contributed by atoms with Crippen LogP contribution in [-0.4, -0.2) is 5.97 Å². The van der Waals surface area contributed by atoms with Crippen LogP contribution in [0.5, 0.6) is 0 Å². The van der Waals surface area contributed by atoms with Gasteiger partial charge in [-0.2, -0.15) is 0 Å². The van der Waals surface area contributed by atoms with E-state index in [9.17, 15) is 4.79 Å². The summed E-state index contributed by atoms with van der Waals surface area (Å²) >= 11 is 0. The van der Waals surface area contributed by atoms with Gasteiger partial charge in [0.15, 0.2) is 0 Å². The van der Waals surface area contributed by atoms with Crippen molar-refractivity contribution in [2.24, 2.45) is 0 Å². The zero-order valence-corrected chi connectivity index (χ0v) is 7.52. The number of ether oxygens (including phenoxy) is 1. The lowest BCUT2D eigenvalue weighted by atomic mass is 10.2. The van der Waals surface area contributed by atoms with Crippen LogP contribution in [0.25, 0.3) is 0 Å². The van der Waals surface area contributed by atoms with Gasteiger partial charge in [0.2, 0.25) is 0 Å². The summed E-state index contributed by atoms with van der Waals surface area (Å²) in [6.45, 7) is 5.35. The molecule has 0 rings (SSSR count). The molecule has 11 heavy (non-hydrogen) atoms. The molecule has 0 aliphatic heterocycles. The second-order valence-electron chi connectivity index (χ2n) is 2.55. The van der Waals surface area contributed by atoms with E-state index in [1.807, 2.05) is 6.08 Å². The summed E-state index contributed by atoms with van der Waals surface area (Å²) in [5, 5.41) is 0. The molecule has 0 aliphatic rings. The largest absolute Gasteiger partial charge is 0.432 e. The average Bonchev–Trinajstić information content (AvgIpc) is 1.86. The van der Waals surface area contributed by atoms with Gasteiger partial charge in [0.05, 0.1) is 0 Å². The van der Waals surface area contributed by atoms with Gasteiger partial charge in [-0.05, 0) is 25.8 Å². The molecule has 0 aliphatic carbocycles. The molecule has 0 fully saturated rings. The van der Waals surface area contributed by atoms with Crippen LogP contribution >= 0.6 is 0 Å². The summed E-state index contributed by atoms with van der Waals surface area (Å²) in [5.74, 6) is 0.473. The predicted octanol–water partition coefficient (Wildman–Crippen LogP) is 2.64. The molecular formula is C9H16O2. The second kappa shape index (κ2) is 5.96. The fourth-order valence-corrected chi connectivity index (χ4v) is 0.778. The molecule has 0 aromatic heterocycles. The Morgan fingerprint density at radius 2 is 2.09 bits per heavy atom. The van der Waals surface area contributed by atoms with Crippen molar-refractivity contribution in [3.8, 4) is 0 Å². The minimum absolute atomic E-state index is 0.241. The third-order valence-electron chi connectivity index (χ3n) is 1.29. The quantitative estimate of drug-likeness (QED) is 0.355. The average molecular weight is 156 g/mol. The van der Waals surface area contributed by atoms with Crippen LogP contribution in [0.3, 0.4) is 0 Å². The molecule has 0 saturated heterocycles. The first-order valence-corrected chi connectivity index (χ1v) is 4.02. The summed E-state index contributed by atoms with van der Waals surface area (Å²) in [6.07, 6.45) is 5.27. The molecule has 2 nitrogen and oxygen atoms in total. The fourth-order valence-electron chi connectivity index (χ4n) is 0.778. The second-order valence-corrected chi connectivity index (χ2v) is 2.55. The van der Waals surface area contributed by atoms with Crippen molar-refractivity contribution >= 4 is 5.97 Å². The van der Waals surface area contributed by atoms with E-state index in [1.165, 1.54) is 13.3 Å². The molecule has 0 spiro atoms. The van der Waals surface area contributed by atoms with E-state index in [-0.39, 0.29) is 5.97 Å². The Bertz CT molecular complexity index is 148. The normalized spacial score (nSPS) is 11.4. The summed E-state index contributed by atoms with van der Waals surface area (Å²) < 4.78 is 4.82. The van der Waals surface area contributed by atoms with Gasteiger partial charge >= 0.3 is 5.97 Å². The highest BCUT2D eigenvalue weighted by Gasteiger charge is 1.93. The zero-order chi connectivity index (χ0) is 8.69. The van der Waals surface area contributed by atoms with Crippen LogP contribution < -0.4 is 0 Å². The molecular weight excluding hydrogens is 140 g/mol. The molecule has 0 bridgehead atoms. The van der Waals surface area contributed by atoms with Gasteiger partial charge < -0.3 is 4.74 Å². The van der Waals surface area contributed by atoms with Gasteiger partial charge in [-0.15, -0.1) is 0 Å². The van der Waals surface area contributed by atoms with Crippen LogP contribution in [-0.2, 0) is 9.53 Å². The van der Waals surface area contributed by atoms with Crippen molar-refractivity contribution in [3.05, 3.63) is 11.8 Å². The van der Waals surface area contributed by atoms with Gasteiger partial charge in [0.25, 0.3) is 0 Å². The van der Waals surface area contributed by atoms with E-state index < -0.39 is 0 Å². The number of carbonyl (C=O) groups is 1. The highest BCUT2D eigenvalue weighted by Crippen LogP contribution is 2.01. The molecule has 0 heterocycles. The maximum Gasteiger partial charge on any atom is 0.307 e. The fraction of sp³-hybridized carbons (Fsp3) is 0.667. The van der Waals surface area contributed by atoms with Gasteiger partial charge in [0.1, 0.15) is 5.76 Å². The molecule has 0 aromatic carbocycles. The Balaban J connectivity index is 3.54. The minimum atomic E-state index is -0.241. The lowest BCUT2D eigenvalue weighted by molar-refractivity contribution is -0.136. The molecule has 0 atom stereocenters. The first kappa shape index (κ1) is 10.2. The van der Waals surface area contributed by atoms with Crippen molar-refractivity contribution < 1.29 is 9.53 Å². The van der Waals surface area contributed by atoms with Crippen LogP contribution in [0.4, 0.5) is 0 Å². The van der Waals surface area contributed by atoms with E-state index in [2.05, 4.69) is 6.92 Å². The monoisotopic (exact) mass is 156 g/mol. The summed E-state index contributed by atoms with van der Waals surface area (Å²) in [6, 6.07) is 0. The molecule has 0 unspecified atom stereocenters. The van der Waals surface area contributed by atoms with Crippen LogP contribution in [0.1, 0.15) is 40.0 Å². The standard InChI is InChI=1S/C9H16O2/c1-4-5-6-7-8(2)11-9(3)10/h7H,4-6H2,1-3H3. The van der Waals surface area contributed by atoms with Crippen molar-refractivity contribution in [1.82, 2.24) is 0 Å². The maximum absolute atomic E-state index is 10.4. The van der Waals surface area contributed by atoms with Gasteiger partial charge in [-0.25, -0.2) is 0 Å². The van der Waals surface area contributed by atoms with Crippen molar-refractivity contribution in [3.63, 3.8) is 0 Å². The van der Waals surface area contributed by atoms with Crippen molar-refractivity contribution in [2.45, 2.75) is 40.0 Å². The lowest BCUT2D eigenvalue weighted by Crippen LogP contribution is -1.95. The zero-order valence-electron chi connectivity index (χ0n) is 7.52. The summed E-state index contributed by atoms with van der Waals surface area (Å²) in [7, 11) is 0. The highest BCUT2D eigenvalue weighted by atomic mass is 16.5. The van der Waals surface area contributed by atoms with Gasteiger partial charge in [0, 0.05) is 6.92 Å². The van der Waals surface area contributed by atoms with E-state index in [0.717, 1.165) is 12.8 Å². The number of rotatable bonds is 4. The number of carbonyl (C=O) groups excluding carboxylic acids is 1. The highest BCUT2D eigenvalue weighted by molar-refractivity contribution is 5.67.